The van der Waals surface area contributed by atoms with Crippen molar-refractivity contribution in [1.82, 2.24) is 15.1 Å². The van der Waals surface area contributed by atoms with Crippen molar-refractivity contribution in [3.8, 4) is 23.0 Å². The van der Waals surface area contributed by atoms with Crippen LogP contribution in [-0.2, 0) is 13.1 Å². The van der Waals surface area contributed by atoms with Crippen molar-refractivity contribution in [2.24, 2.45) is 0 Å². The number of hydrogen-bond acceptors (Lipinski definition) is 6. The van der Waals surface area contributed by atoms with Crippen molar-refractivity contribution in [3.05, 3.63) is 60.4 Å². The van der Waals surface area contributed by atoms with Gasteiger partial charge in [-0.2, -0.15) is 5.10 Å². The Bertz CT molecular complexity index is 1070. The topological polar surface area (TPSA) is 95.9 Å². The number of para-hydroxylation sites is 2. The molecule has 0 radical (unpaired) electrons. The number of fused-ring (bicyclic) bond motifs is 2. The van der Waals surface area contributed by atoms with E-state index >= 15 is 0 Å². The molecule has 0 bridgehead atoms. The molecule has 2 amide bonds. The number of nitrogens with zero attached hydrogens (tertiary/aromatic N) is 2. The van der Waals surface area contributed by atoms with Gasteiger partial charge in [-0.15, -0.1) is 0 Å². The predicted octanol–water partition coefficient (Wildman–Crippen LogP) is 2.77. The molecular weight excluding hydrogens is 388 g/mol. The number of urea groups is 1. The Labute approximate surface area is 172 Å². The van der Waals surface area contributed by atoms with Crippen molar-refractivity contribution in [2.45, 2.75) is 19.2 Å². The molecule has 0 unspecified atom stereocenters. The number of anilines is 1. The summed E-state index contributed by atoms with van der Waals surface area (Å²) in [7, 11) is 0. The van der Waals surface area contributed by atoms with Gasteiger partial charge in [0.05, 0.1) is 18.4 Å². The number of ether oxygens (including phenoxy) is 4. The van der Waals surface area contributed by atoms with Crippen LogP contribution in [0.1, 0.15) is 5.56 Å². The van der Waals surface area contributed by atoms with E-state index in [1.54, 1.807) is 17.1 Å². The summed E-state index contributed by atoms with van der Waals surface area (Å²) < 4.78 is 24.0. The first-order chi connectivity index (χ1) is 14.7. The van der Waals surface area contributed by atoms with Crippen molar-refractivity contribution in [2.75, 3.05) is 18.7 Å². The maximum atomic E-state index is 12.2. The molecule has 2 aromatic carbocycles. The highest BCUT2D eigenvalue weighted by atomic mass is 16.7. The van der Waals surface area contributed by atoms with Crippen molar-refractivity contribution in [1.29, 1.82) is 0 Å². The minimum Gasteiger partial charge on any atom is -0.486 e. The molecule has 0 aliphatic carbocycles. The van der Waals surface area contributed by atoms with Crippen LogP contribution in [0.5, 0.6) is 23.0 Å². The van der Waals surface area contributed by atoms with Gasteiger partial charge in [0.1, 0.15) is 6.61 Å². The molecule has 2 N–H and O–H groups in total. The molecule has 0 saturated carbocycles. The first-order valence-corrected chi connectivity index (χ1v) is 9.57. The number of rotatable bonds is 5. The summed E-state index contributed by atoms with van der Waals surface area (Å²) in [5.74, 6) is 2.87. The van der Waals surface area contributed by atoms with Crippen molar-refractivity contribution in [3.63, 3.8) is 0 Å². The van der Waals surface area contributed by atoms with Crippen LogP contribution in [0.4, 0.5) is 10.5 Å². The third-order valence-corrected chi connectivity index (χ3v) is 4.74. The van der Waals surface area contributed by atoms with E-state index in [-0.39, 0.29) is 18.9 Å². The highest BCUT2D eigenvalue weighted by molar-refractivity contribution is 5.88. The van der Waals surface area contributed by atoms with Gasteiger partial charge in [-0.25, -0.2) is 4.79 Å². The smallest absolute Gasteiger partial charge is 0.319 e. The summed E-state index contributed by atoms with van der Waals surface area (Å²) in [6, 6.07) is 12.8. The van der Waals surface area contributed by atoms with Gasteiger partial charge in [0.15, 0.2) is 29.1 Å². The van der Waals surface area contributed by atoms with E-state index in [0.717, 1.165) is 17.1 Å². The Morgan fingerprint density at radius 1 is 1.07 bits per heavy atom. The van der Waals surface area contributed by atoms with Gasteiger partial charge in [-0.05, 0) is 29.8 Å². The molecule has 30 heavy (non-hydrogen) atoms. The molecule has 0 saturated heterocycles. The molecule has 9 nitrogen and oxygen atoms in total. The molecule has 0 spiro atoms. The summed E-state index contributed by atoms with van der Waals surface area (Å²) in [6.45, 7) is 1.54. The number of aromatic nitrogens is 2. The molecule has 1 atom stereocenters. The zero-order valence-electron chi connectivity index (χ0n) is 16.0. The second-order valence-electron chi connectivity index (χ2n) is 6.94. The minimum absolute atomic E-state index is 0.160. The van der Waals surface area contributed by atoms with Crippen LogP contribution >= 0.6 is 0 Å². The molecule has 3 aromatic rings. The molecule has 154 valence electrons. The van der Waals surface area contributed by atoms with E-state index in [4.69, 9.17) is 18.9 Å². The fourth-order valence-corrected chi connectivity index (χ4v) is 3.30. The zero-order chi connectivity index (χ0) is 20.3. The van der Waals surface area contributed by atoms with Crippen LogP contribution < -0.4 is 29.6 Å². The number of nitrogens with one attached hydrogen (secondary N) is 2. The molecule has 5 rings (SSSR count). The fourth-order valence-electron chi connectivity index (χ4n) is 3.30. The summed E-state index contributed by atoms with van der Waals surface area (Å²) >= 11 is 0. The zero-order valence-corrected chi connectivity index (χ0v) is 16.0. The minimum atomic E-state index is -0.321. The molecule has 2 aliphatic rings. The molecule has 2 aliphatic heterocycles. The Morgan fingerprint density at radius 3 is 2.83 bits per heavy atom. The van der Waals surface area contributed by atoms with E-state index in [2.05, 4.69) is 15.7 Å². The molecular formula is C21H20N4O5. The monoisotopic (exact) mass is 408 g/mol. The average Bonchev–Trinajstić information content (AvgIpc) is 3.41. The van der Waals surface area contributed by atoms with Crippen molar-refractivity contribution >= 4 is 11.7 Å². The first-order valence-electron chi connectivity index (χ1n) is 9.57. The predicted molar refractivity (Wildman–Crippen MR) is 107 cm³/mol. The lowest BCUT2D eigenvalue weighted by molar-refractivity contribution is 0.0759. The fraction of sp³-hybridized carbons (Fsp3) is 0.238. The van der Waals surface area contributed by atoms with Gasteiger partial charge in [0, 0.05) is 12.7 Å². The normalized spacial score (nSPS) is 16.2. The summed E-state index contributed by atoms with van der Waals surface area (Å²) in [4.78, 5) is 12.2. The van der Waals surface area contributed by atoms with E-state index in [1.165, 1.54) is 0 Å². The number of carbonyl (C=O) groups is 1. The number of hydrogen-bond donors (Lipinski definition) is 2. The van der Waals surface area contributed by atoms with Gasteiger partial charge in [0.25, 0.3) is 0 Å². The Kier molecular flexibility index (Phi) is 4.76. The van der Waals surface area contributed by atoms with Crippen LogP contribution in [0.2, 0.25) is 0 Å². The second-order valence-corrected chi connectivity index (χ2v) is 6.94. The highest BCUT2D eigenvalue weighted by Crippen LogP contribution is 2.32. The average molecular weight is 408 g/mol. The maximum Gasteiger partial charge on any atom is 0.319 e. The lowest BCUT2D eigenvalue weighted by Crippen LogP contribution is -2.33. The molecule has 9 heteroatoms. The quantitative estimate of drug-likeness (QED) is 0.674. The Hall–Kier alpha value is -3.88. The SMILES string of the molecule is O=C(NCc1ccc2c(c1)OCO2)Nc1cnn(C[C@H]2COc3ccccc3O2)c1. The largest absolute Gasteiger partial charge is 0.486 e. The first kappa shape index (κ1) is 18.2. The Morgan fingerprint density at radius 2 is 1.90 bits per heavy atom. The van der Waals surface area contributed by atoms with Gasteiger partial charge >= 0.3 is 6.03 Å². The second kappa shape index (κ2) is 7.86. The maximum absolute atomic E-state index is 12.2. The third-order valence-electron chi connectivity index (χ3n) is 4.74. The van der Waals surface area contributed by atoms with E-state index in [0.29, 0.717) is 36.9 Å². The van der Waals surface area contributed by atoms with Gasteiger partial charge in [-0.3, -0.25) is 4.68 Å². The summed E-state index contributed by atoms with van der Waals surface area (Å²) in [6.07, 6.45) is 3.19. The van der Waals surface area contributed by atoms with Gasteiger partial charge < -0.3 is 29.6 Å². The number of carbonyl (C=O) groups excluding carboxylic acids is 1. The highest BCUT2D eigenvalue weighted by Gasteiger charge is 2.21. The van der Waals surface area contributed by atoms with E-state index < -0.39 is 0 Å². The van der Waals surface area contributed by atoms with Crippen LogP contribution in [0.15, 0.2) is 54.9 Å². The Balaban J connectivity index is 1.12. The third kappa shape index (κ3) is 3.95. The standard InChI is InChI=1S/C21H20N4O5/c26-21(22-8-14-5-6-18-20(7-14)29-13-28-18)24-15-9-23-25(10-15)11-16-12-27-17-3-1-2-4-19(17)30-16/h1-7,9-10,16H,8,11-13H2,(H2,22,24,26)/t16-/m0/s1. The van der Waals surface area contributed by atoms with Gasteiger partial charge in [-0.1, -0.05) is 18.2 Å². The summed E-state index contributed by atoms with van der Waals surface area (Å²) in [5.41, 5.74) is 1.51. The summed E-state index contributed by atoms with van der Waals surface area (Å²) in [5, 5.41) is 9.87. The van der Waals surface area contributed by atoms with Crippen molar-refractivity contribution < 1.29 is 23.7 Å². The molecule has 3 heterocycles. The lowest BCUT2D eigenvalue weighted by Gasteiger charge is -2.26. The lowest BCUT2D eigenvalue weighted by atomic mass is 10.2. The van der Waals surface area contributed by atoms with Crippen LogP contribution in [0, 0.1) is 0 Å². The number of benzene rings is 2. The number of amides is 2. The molecule has 0 fully saturated rings. The van der Waals surface area contributed by atoms with E-state index in [1.807, 2.05) is 42.5 Å². The van der Waals surface area contributed by atoms with Crippen LogP contribution in [0.25, 0.3) is 0 Å². The van der Waals surface area contributed by atoms with Gasteiger partial charge in [0.2, 0.25) is 6.79 Å². The van der Waals surface area contributed by atoms with Crippen LogP contribution in [0.3, 0.4) is 0 Å². The molecule has 1 aromatic heterocycles. The van der Waals surface area contributed by atoms with E-state index in [9.17, 15) is 4.79 Å². The van der Waals surface area contributed by atoms with Crippen LogP contribution in [-0.4, -0.2) is 35.3 Å².